The maximum atomic E-state index is 12.3. The van der Waals surface area contributed by atoms with Gasteiger partial charge in [-0.3, -0.25) is 14.9 Å². The standard InChI is InChI=1S/C16H17N3O7/c1-4-18(5-2)15(21)11(9-17)6-10-7-12(19(23)24)14(20)13(8-10)26-16(22)25-3/h6-8,20H,4-5H2,1-3H3. The zero-order valence-electron chi connectivity index (χ0n) is 14.4. The monoisotopic (exact) mass is 363 g/mol. The molecule has 1 aromatic rings. The summed E-state index contributed by atoms with van der Waals surface area (Å²) in [6.45, 7) is 4.23. The zero-order valence-corrected chi connectivity index (χ0v) is 14.4. The first kappa shape index (κ1) is 20.4. The highest BCUT2D eigenvalue weighted by atomic mass is 16.7. The molecule has 0 bridgehead atoms. The van der Waals surface area contributed by atoms with Crippen LogP contribution in [0.4, 0.5) is 10.5 Å². The Labute approximate surface area is 149 Å². The third kappa shape index (κ3) is 4.70. The molecule has 0 aromatic heterocycles. The van der Waals surface area contributed by atoms with Crippen LogP contribution in [-0.4, -0.2) is 47.2 Å². The van der Waals surface area contributed by atoms with Gasteiger partial charge in [-0.1, -0.05) is 0 Å². The van der Waals surface area contributed by atoms with Crippen molar-refractivity contribution in [2.45, 2.75) is 13.8 Å². The molecule has 10 nitrogen and oxygen atoms in total. The molecule has 0 spiro atoms. The van der Waals surface area contributed by atoms with Gasteiger partial charge in [-0.25, -0.2) is 4.79 Å². The Bertz CT molecular complexity index is 792. The number of ether oxygens (including phenoxy) is 2. The Hall–Kier alpha value is -3.61. The number of nitro groups is 1. The van der Waals surface area contributed by atoms with E-state index in [1.54, 1.807) is 19.9 Å². The van der Waals surface area contributed by atoms with E-state index in [2.05, 4.69) is 9.47 Å². The van der Waals surface area contributed by atoms with Crippen molar-refractivity contribution in [2.75, 3.05) is 20.2 Å². The van der Waals surface area contributed by atoms with E-state index in [4.69, 9.17) is 0 Å². The molecule has 0 atom stereocenters. The molecular weight excluding hydrogens is 346 g/mol. The third-order valence-corrected chi connectivity index (χ3v) is 3.35. The molecule has 0 aliphatic carbocycles. The SMILES string of the molecule is CCN(CC)C(=O)C(C#N)=Cc1cc(OC(=O)OC)c(O)c([N+](=O)[O-])c1. The second-order valence-electron chi connectivity index (χ2n) is 4.85. The predicted molar refractivity (Wildman–Crippen MR) is 89.3 cm³/mol. The first-order chi connectivity index (χ1) is 12.3. The number of benzene rings is 1. The lowest BCUT2D eigenvalue weighted by atomic mass is 10.1. The Morgan fingerprint density at radius 1 is 1.38 bits per heavy atom. The summed E-state index contributed by atoms with van der Waals surface area (Å²) in [5, 5.41) is 30.2. The van der Waals surface area contributed by atoms with Crippen LogP contribution < -0.4 is 4.74 Å². The lowest BCUT2D eigenvalue weighted by molar-refractivity contribution is -0.385. The van der Waals surface area contributed by atoms with Gasteiger partial charge >= 0.3 is 11.8 Å². The Kier molecular flexibility index (Phi) is 7.09. The van der Waals surface area contributed by atoms with Crippen LogP contribution >= 0.6 is 0 Å². The molecule has 0 saturated carbocycles. The number of hydrogen-bond donors (Lipinski definition) is 1. The second kappa shape index (κ2) is 9.03. The second-order valence-corrected chi connectivity index (χ2v) is 4.85. The number of likely N-dealkylation sites (N-methyl/N-ethyl adjacent to an activating group) is 1. The molecule has 26 heavy (non-hydrogen) atoms. The van der Waals surface area contributed by atoms with Crippen molar-refractivity contribution in [1.82, 2.24) is 4.90 Å². The molecule has 0 radical (unpaired) electrons. The van der Waals surface area contributed by atoms with Gasteiger partial charge in [-0.05, 0) is 31.6 Å². The number of phenolic OH excluding ortho intramolecular Hbond substituents is 1. The molecular formula is C16H17N3O7. The van der Waals surface area contributed by atoms with Crippen LogP contribution in [0.2, 0.25) is 0 Å². The quantitative estimate of drug-likeness (QED) is 0.202. The summed E-state index contributed by atoms with van der Waals surface area (Å²) >= 11 is 0. The number of phenols is 1. The number of amides is 1. The molecule has 0 heterocycles. The minimum absolute atomic E-state index is 0.0189. The largest absolute Gasteiger partial charge is 0.513 e. The number of carbonyl (C=O) groups is 2. The molecule has 10 heteroatoms. The maximum absolute atomic E-state index is 12.3. The highest BCUT2D eigenvalue weighted by molar-refractivity contribution is 6.01. The van der Waals surface area contributed by atoms with Gasteiger partial charge in [0.15, 0.2) is 5.75 Å². The molecule has 1 amide bonds. The third-order valence-electron chi connectivity index (χ3n) is 3.35. The zero-order chi connectivity index (χ0) is 19.9. The van der Waals surface area contributed by atoms with Gasteiger partial charge in [0.1, 0.15) is 11.6 Å². The highest BCUT2D eigenvalue weighted by Crippen LogP contribution is 2.38. The average Bonchev–Trinajstić information content (AvgIpc) is 2.62. The van der Waals surface area contributed by atoms with Crippen LogP contribution in [0.3, 0.4) is 0 Å². The molecule has 0 fully saturated rings. The fraction of sp³-hybridized carbons (Fsp3) is 0.312. The summed E-state index contributed by atoms with van der Waals surface area (Å²) in [6.07, 6.45) is -0.0903. The lowest BCUT2D eigenvalue weighted by Crippen LogP contribution is -2.31. The summed E-state index contributed by atoms with van der Waals surface area (Å²) in [7, 11) is 1.02. The molecule has 0 aliphatic rings. The molecule has 0 saturated heterocycles. The molecule has 0 aliphatic heterocycles. The van der Waals surface area contributed by atoms with Crippen LogP contribution in [0, 0.1) is 21.4 Å². The van der Waals surface area contributed by atoms with E-state index in [0.29, 0.717) is 13.1 Å². The van der Waals surface area contributed by atoms with Crippen molar-refractivity contribution in [1.29, 1.82) is 5.26 Å². The van der Waals surface area contributed by atoms with Crippen molar-refractivity contribution >= 4 is 23.8 Å². The van der Waals surface area contributed by atoms with Crippen LogP contribution in [0.25, 0.3) is 6.08 Å². The summed E-state index contributed by atoms with van der Waals surface area (Å²) < 4.78 is 8.95. The lowest BCUT2D eigenvalue weighted by Gasteiger charge is -2.17. The van der Waals surface area contributed by atoms with Crippen LogP contribution in [0.5, 0.6) is 11.5 Å². The van der Waals surface area contributed by atoms with Gasteiger partial charge in [-0.15, -0.1) is 0 Å². The molecule has 1 N–H and O–H groups in total. The molecule has 1 rings (SSSR count). The van der Waals surface area contributed by atoms with Crippen molar-refractivity contribution in [3.05, 3.63) is 33.4 Å². The fourth-order valence-electron chi connectivity index (χ4n) is 2.04. The Morgan fingerprint density at radius 2 is 2.00 bits per heavy atom. The first-order valence-corrected chi connectivity index (χ1v) is 7.47. The van der Waals surface area contributed by atoms with Crippen molar-refractivity contribution in [2.24, 2.45) is 0 Å². The number of rotatable bonds is 6. The van der Waals surface area contributed by atoms with Gasteiger partial charge < -0.3 is 19.5 Å². The molecule has 1 aromatic carbocycles. The normalized spacial score (nSPS) is 10.6. The Balaban J connectivity index is 3.46. The number of nitro benzene ring substituents is 1. The van der Waals surface area contributed by atoms with Gasteiger partial charge in [0, 0.05) is 19.2 Å². The minimum atomic E-state index is -1.20. The van der Waals surface area contributed by atoms with E-state index >= 15 is 0 Å². The summed E-state index contributed by atoms with van der Waals surface area (Å²) in [4.78, 5) is 35.1. The van der Waals surface area contributed by atoms with E-state index < -0.39 is 34.2 Å². The summed E-state index contributed by atoms with van der Waals surface area (Å²) in [5.41, 5.74) is -1.01. The van der Waals surface area contributed by atoms with E-state index in [1.165, 1.54) is 4.90 Å². The number of nitriles is 1. The maximum Gasteiger partial charge on any atom is 0.513 e. The van der Waals surface area contributed by atoms with E-state index in [9.17, 15) is 30.1 Å². The van der Waals surface area contributed by atoms with Crippen LogP contribution in [-0.2, 0) is 9.53 Å². The molecule has 0 unspecified atom stereocenters. The van der Waals surface area contributed by atoms with Crippen molar-refractivity contribution in [3.8, 4) is 17.6 Å². The van der Waals surface area contributed by atoms with E-state index in [0.717, 1.165) is 25.3 Å². The average molecular weight is 363 g/mol. The van der Waals surface area contributed by atoms with Crippen LogP contribution in [0.1, 0.15) is 19.4 Å². The van der Waals surface area contributed by atoms with E-state index in [1.807, 2.05) is 0 Å². The summed E-state index contributed by atoms with van der Waals surface area (Å²) in [5.74, 6) is -1.97. The summed E-state index contributed by atoms with van der Waals surface area (Å²) in [6, 6.07) is 3.77. The number of methoxy groups -OCH3 is 1. The minimum Gasteiger partial charge on any atom is -0.499 e. The highest BCUT2D eigenvalue weighted by Gasteiger charge is 2.23. The topological polar surface area (TPSA) is 143 Å². The van der Waals surface area contributed by atoms with Crippen molar-refractivity contribution in [3.63, 3.8) is 0 Å². The number of aromatic hydroxyl groups is 1. The number of nitrogens with zero attached hydrogens (tertiary/aromatic N) is 3. The number of carbonyl (C=O) groups excluding carboxylic acids is 2. The first-order valence-electron chi connectivity index (χ1n) is 7.47. The molecule has 138 valence electrons. The smallest absolute Gasteiger partial charge is 0.499 e. The van der Waals surface area contributed by atoms with Gasteiger partial charge in [0.2, 0.25) is 5.75 Å². The van der Waals surface area contributed by atoms with E-state index in [-0.39, 0.29) is 11.1 Å². The Morgan fingerprint density at radius 3 is 2.46 bits per heavy atom. The fourth-order valence-corrected chi connectivity index (χ4v) is 2.04. The predicted octanol–water partition coefficient (Wildman–Crippen LogP) is 2.22. The van der Waals surface area contributed by atoms with Gasteiger partial charge in [0.25, 0.3) is 5.91 Å². The number of hydrogen-bond acceptors (Lipinski definition) is 8. The van der Waals surface area contributed by atoms with Crippen LogP contribution in [0.15, 0.2) is 17.7 Å². The van der Waals surface area contributed by atoms with Crippen molar-refractivity contribution < 1.29 is 29.1 Å². The van der Waals surface area contributed by atoms with Gasteiger partial charge in [-0.2, -0.15) is 5.26 Å². The van der Waals surface area contributed by atoms with Gasteiger partial charge in [0.05, 0.1) is 12.0 Å².